The fraction of sp³-hybridized carbons (Fsp3) is 0.562. The first-order valence-corrected chi connectivity index (χ1v) is 8.56. The number of nitrogens with zero attached hydrogens (tertiary/aromatic N) is 1. The number of likely N-dealkylation sites (tertiary alicyclic amines) is 1. The number of piperidine rings is 1. The molecule has 0 saturated carbocycles. The van der Waals surface area contributed by atoms with Crippen molar-refractivity contribution in [3.05, 3.63) is 35.9 Å². The van der Waals surface area contributed by atoms with E-state index in [-0.39, 0.29) is 23.6 Å². The average molecular weight is 329 g/mol. The molecule has 1 fully saturated rings. The molecule has 0 aliphatic carbocycles. The van der Waals surface area contributed by atoms with Gasteiger partial charge in [0.2, 0.25) is 5.91 Å². The van der Waals surface area contributed by atoms with Crippen LogP contribution in [0.1, 0.15) is 23.7 Å². The van der Waals surface area contributed by atoms with Crippen LogP contribution >= 0.6 is 24.2 Å². The number of amides is 1. The lowest BCUT2D eigenvalue weighted by molar-refractivity contribution is -0.132. The molecule has 1 amide bonds. The van der Waals surface area contributed by atoms with Gasteiger partial charge in [0.05, 0.1) is 0 Å². The number of halogens is 1. The second kappa shape index (κ2) is 9.34. The van der Waals surface area contributed by atoms with Gasteiger partial charge in [-0.1, -0.05) is 30.3 Å². The lowest BCUT2D eigenvalue weighted by atomic mass is 9.96. The topological polar surface area (TPSA) is 32.3 Å². The molecular formula is C16H25ClN2OS. The zero-order valence-electron chi connectivity index (χ0n) is 12.7. The van der Waals surface area contributed by atoms with Gasteiger partial charge in [0.15, 0.2) is 0 Å². The molecule has 0 aromatic heterocycles. The molecule has 1 aromatic rings. The predicted octanol–water partition coefficient (Wildman–Crippen LogP) is 2.97. The highest BCUT2D eigenvalue weighted by molar-refractivity contribution is 7.99. The Morgan fingerprint density at radius 2 is 1.95 bits per heavy atom. The minimum atomic E-state index is -0.0583. The summed E-state index contributed by atoms with van der Waals surface area (Å²) in [6, 6.07) is 10.1. The second-order valence-electron chi connectivity index (χ2n) is 5.35. The van der Waals surface area contributed by atoms with Gasteiger partial charge in [0.25, 0.3) is 0 Å². The Morgan fingerprint density at radius 1 is 1.33 bits per heavy atom. The largest absolute Gasteiger partial charge is 0.341 e. The van der Waals surface area contributed by atoms with Gasteiger partial charge in [0.1, 0.15) is 5.25 Å². The quantitative estimate of drug-likeness (QED) is 0.902. The molecule has 1 N–H and O–H groups in total. The molecular weight excluding hydrogens is 304 g/mol. The highest BCUT2D eigenvalue weighted by Gasteiger charge is 2.28. The van der Waals surface area contributed by atoms with Crippen molar-refractivity contribution >= 4 is 30.1 Å². The summed E-state index contributed by atoms with van der Waals surface area (Å²) in [5, 5.41) is 3.18. The summed E-state index contributed by atoms with van der Waals surface area (Å²) in [4.78, 5) is 14.7. The molecule has 1 aliphatic rings. The van der Waals surface area contributed by atoms with E-state index in [0.717, 1.165) is 38.0 Å². The van der Waals surface area contributed by atoms with E-state index in [4.69, 9.17) is 0 Å². The molecule has 3 nitrogen and oxygen atoms in total. The van der Waals surface area contributed by atoms with Crippen molar-refractivity contribution in [3.8, 4) is 0 Å². The van der Waals surface area contributed by atoms with Gasteiger partial charge in [-0.2, -0.15) is 0 Å². The zero-order valence-corrected chi connectivity index (χ0v) is 14.4. The molecule has 1 heterocycles. The molecule has 118 valence electrons. The fourth-order valence-electron chi connectivity index (χ4n) is 2.82. The van der Waals surface area contributed by atoms with E-state index in [0.29, 0.717) is 5.92 Å². The van der Waals surface area contributed by atoms with E-state index in [1.807, 2.05) is 48.5 Å². The molecule has 1 aliphatic heterocycles. The van der Waals surface area contributed by atoms with Crippen LogP contribution in [-0.2, 0) is 4.79 Å². The Hall–Kier alpha value is -0.710. The summed E-state index contributed by atoms with van der Waals surface area (Å²) in [6.45, 7) is 2.86. The highest BCUT2D eigenvalue weighted by Crippen LogP contribution is 2.30. The molecule has 0 radical (unpaired) electrons. The van der Waals surface area contributed by atoms with Crippen LogP contribution in [0.2, 0.25) is 0 Å². The van der Waals surface area contributed by atoms with Crippen LogP contribution in [0.3, 0.4) is 0 Å². The summed E-state index contributed by atoms with van der Waals surface area (Å²) >= 11 is 1.63. The number of carbonyl (C=O) groups is 1. The number of benzene rings is 1. The van der Waals surface area contributed by atoms with Crippen LogP contribution in [0.5, 0.6) is 0 Å². The molecule has 1 aromatic carbocycles. The van der Waals surface area contributed by atoms with Crippen molar-refractivity contribution in [2.24, 2.45) is 5.92 Å². The maximum Gasteiger partial charge on any atom is 0.240 e. The first-order valence-electron chi connectivity index (χ1n) is 7.27. The number of thioether (sulfide) groups is 1. The van der Waals surface area contributed by atoms with Crippen LogP contribution in [0.4, 0.5) is 0 Å². The van der Waals surface area contributed by atoms with Crippen LogP contribution in [-0.4, -0.2) is 43.7 Å². The van der Waals surface area contributed by atoms with Gasteiger partial charge >= 0.3 is 0 Å². The van der Waals surface area contributed by atoms with Gasteiger partial charge in [-0.25, -0.2) is 0 Å². The van der Waals surface area contributed by atoms with E-state index in [1.54, 1.807) is 11.8 Å². The minimum absolute atomic E-state index is 0. The van der Waals surface area contributed by atoms with Crippen LogP contribution < -0.4 is 5.32 Å². The van der Waals surface area contributed by atoms with Crippen molar-refractivity contribution in [3.63, 3.8) is 0 Å². The van der Waals surface area contributed by atoms with E-state index in [2.05, 4.69) is 5.32 Å². The molecule has 1 atom stereocenters. The molecule has 2 rings (SSSR count). The van der Waals surface area contributed by atoms with Gasteiger partial charge < -0.3 is 10.2 Å². The maximum atomic E-state index is 12.7. The third kappa shape index (κ3) is 4.90. The van der Waals surface area contributed by atoms with Crippen molar-refractivity contribution in [1.82, 2.24) is 10.2 Å². The van der Waals surface area contributed by atoms with Crippen molar-refractivity contribution in [2.75, 3.05) is 32.9 Å². The Bertz CT molecular complexity index is 422. The predicted molar refractivity (Wildman–Crippen MR) is 93.2 cm³/mol. The van der Waals surface area contributed by atoms with Crippen molar-refractivity contribution < 1.29 is 4.79 Å². The summed E-state index contributed by atoms with van der Waals surface area (Å²) in [6.07, 6.45) is 4.24. The monoisotopic (exact) mass is 328 g/mol. The Morgan fingerprint density at radius 3 is 2.48 bits per heavy atom. The minimum Gasteiger partial charge on any atom is -0.341 e. The van der Waals surface area contributed by atoms with Gasteiger partial charge in [-0.05, 0) is 44.2 Å². The average Bonchev–Trinajstić information content (AvgIpc) is 2.50. The Balaban J connectivity index is 0.00000220. The van der Waals surface area contributed by atoms with Crippen LogP contribution in [0, 0.1) is 5.92 Å². The van der Waals surface area contributed by atoms with E-state index in [9.17, 15) is 4.79 Å². The third-order valence-electron chi connectivity index (χ3n) is 3.98. The number of carbonyl (C=O) groups excluding carboxylic acids is 1. The van der Waals surface area contributed by atoms with Crippen molar-refractivity contribution in [2.45, 2.75) is 18.1 Å². The molecule has 21 heavy (non-hydrogen) atoms. The van der Waals surface area contributed by atoms with E-state index in [1.165, 1.54) is 0 Å². The fourth-order valence-corrected chi connectivity index (χ4v) is 3.60. The molecule has 0 bridgehead atoms. The molecule has 1 saturated heterocycles. The first-order chi connectivity index (χ1) is 9.76. The van der Waals surface area contributed by atoms with Gasteiger partial charge in [0, 0.05) is 13.1 Å². The standard InChI is InChI=1S/C16H24N2OS.ClH/c1-17-12-13-8-10-18(11-9-13)16(19)15(20-2)14-6-4-3-5-7-14;/h3-7,13,15,17H,8-12H2,1-2H3;1H. The van der Waals surface area contributed by atoms with Crippen molar-refractivity contribution in [1.29, 1.82) is 0 Å². The van der Waals surface area contributed by atoms with Crippen LogP contribution in [0.25, 0.3) is 0 Å². The van der Waals surface area contributed by atoms with Gasteiger partial charge in [-0.3, -0.25) is 4.79 Å². The Kier molecular flexibility index (Phi) is 8.15. The first kappa shape index (κ1) is 18.3. The van der Waals surface area contributed by atoms with E-state index >= 15 is 0 Å². The lowest BCUT2D eigenvalue weighted by Crippen LogP contribution is -2.42. The SMILES string of the molecule is CNCC1CCN(C(=O)C(SC)c2ccccc2)CC1.Cl. The molecule has 5 heteroatoms. The summed E-state index contributed by atoms with van der Waals surface area (Å²) in [5.41, 5.74) is 1.11. The summed E-state index contributed by atoms with van der Waals surface area (Å²) < 4.78 is 0. The highest BCUT2D eigenvalue weighted by atomic mass is 35.5. The lowest BCUT2D eigenvalue weighted by Gasteiger charge is -2.34. The third-order valence-corrected chi connectivity index (χ3v) is 4.93. The maximum absolute atomic E-state index is 12.7. The Labute approximate surface area is 138 Å². The zero-order chi connectivity index (χ0) is 14.4. The van der Waals surface area contributed by atoms with Crippen LogP contribution in [0.15, 0.2) is 30.3 Å². The van der Waals surface area contributed by atoms with Gasteiger partial charge in [-0.15, -0.1) is 24.2 Å². The molecule has 1 unspecified atom stereocenters. The second-order valence-corrected chi connectivity index (χ2v) is 6.30. The smallest absolute Gasteiger partial charge is 0.240 e. The number of nitrogens with one attached hydrogen (secondary N) is 1. The summed E-state index contributed by atoms with van der Waals surface area (Å²) in [7, 11) is 2.00. The number of rotatable bonds is 5. The normalized spacial score (nSPS) is 17.1. The number of hydrogen-bond donors (Lipinski definition) is 1. The number of hydrogen-bond acceptors (Lipinski definition) is 3. The van der Waals surface area contributed by atoms with E-state index < -0.39 is 0 Å². The molecule has 0 spiro atoms. The summed E-state index contributed by atoms with van der Waals surface area (Å²) in [5.74, 6) is 0.986.